The van der Waals surface area contributed by atoms with Gasteiger partial charge in [-0.05, 0) is 72.7 Å². The Kier molecular flexibility index (Phi) is 4.54. The largest absolute Gasteiger partial charge is 0.306 e. The Balaban J connectivity index is 1.38. The van der Waals surface area contributed by atoms with Gasteiger partial charge < -0.3 is 5.32 Å². The number of hydrogen-bond donors (Lipinski definition) is 1. The van der Waals surface area contributed by atoms with Gasteiger partial charge in [0.15, 0.2) is 0 Å². The molecule has 0 aliphatic heterocycles. The molecule has 3 aromatic carbocycles. The highest BCUT2D eigenvalue weighted by molar-refractivity contribution is 7.20. The normalized spacial score (nSPS) is 13.4. The molecule has 5 aromatic rings. The molecule has 5 nitrogen and oxygen atoms in total. The van der Waals surface area contributed by atoms with E-state index in [0.717, 1.165) is 40.0 Å². The number of nitrogens with one attached hydrogen (secondary N) is 1. The maximum atomic E-state index is 13.2. The van der Waals surface area contributed by atoms with E-state index in [1.165, 1.54) is 28.7 Å². The summed E-state index contributed by atoms with van der Waals surface area (Å²) < 4.78 is 2.92. The van der Waals surface area contributed by atoms with E-state index in [1.807, 2.05) is 55.5 Å². The van der Waals surface area contributed by atoms with Crippen LogP contribution in [0.1, 0.15) is 40.0 Å². The monoisotopic (exact) mass is 438 g/mol. The average Bonchev–Trinajstić information content (AvgIpc) is 3.39. The molecule has 0 radical (unpaired) electrons. The summed E-state index contributed by atoms with van der Waals surface area (Å²) in [5.74, 6) is 0.476. The van der Waals surface area contributed by atoms with Gasteiger partial charge >= 0.3 is 0 Å². The summed E-state index contributed by atoms with van der Waals surface area (Å²) in [6.07, 6.45) is 4.78. The molecule has 158 valence electrons. The average molecular weight is 439 g/mol. The van der Waals surface area contributed by atoms with Gasteiger partial charge in [0.2, 0.25) is 5.13 Å². The van der Waals surface area contributed by atoms with Crippen molar-refractivity contribution >= 4 is 44.1 Å². The zero-order valence-corrected chi connectivity index (χ0v) is 18.6. The molecule has 1 N–H and O–H groups in total. The van der Waals surface area contributed by atoms with E-state index < -0.39 is 0 Å². The van der Waals surface area contributed by atoms with E-state index in [4.69, 9.17) is 4.98 Å². The van der Waals surface area contributed by atoms with Crippen LogP contribution < -0.4 is 5.32 Å². The number of aryl methyl sites for hydroxylation is 3. The molecule has 1 amide bonds. The van der Waals surface area contributed by atoms with Gasteiger partial charge in [-0.15, -0.1) is 0 Å². The molecule has 0 fully saturated rings. The summed E-state index contributed by atoms with van der Waals surface area (Å²) in [4.78, 5) is 18.1. The lowest BCUT2D eigenvalue weighted by Crippen LogP contribution is -2.15. The predicted octanol–water partition coefficient (Wildman–Crippen LogP) is 6.07. The number of nitrogens with zero attached hydrogens (tertiary/aromatic N) is 3. The van der Waals surface area contributed by atoms with E-state index in [2.05, 4.69) is 22.5 Å². The van der Waals surface area contributed by atoms with Crippen molar-refractivity contribution in [2.45, 2.75) is 32.6 Å². The Morgan fingerprint density at radius 2 is 1.78 bits per heavy atom. The number of aromatic nitrogens is 3. The number of carbonyl (C=O) groups excluding carboxylic acids is 1. The second-order valence-corrected chi connectivity index (χ2v) is 9.36. The van der Waals surface area contributed by atoms with Crippen LogP contribution >= 0.6 is 11.3 Å². The first-order valence-electron chi connectivity index (χ1n) is 10.9. The van der Waals surface area contributed by atoms with Gasteiger partial charge in [-0.1, -0.05) is 47.7 Å². The molecule has 0 atom stereocenters. The van der Waals surface area contributed by atoms with Crippen LogP contribution in [0, 0.1) is 6.92 Å². The zero-order valence-electron chi connectivity index (χ0n) is 17.8. The third-order valence-corrected chi connectivity index (χ3v) is 7.12. The topological polar surface area (TPSA) is 59.8 Å². The van der Waals surface area contributed by atoms with Crippen LogP contribution in [-0.2, 0) is 12.8 Å². The fraction of sp³-hybridized carbons (Fsp3) is 0.192. The highest BCUT2D eigenvalue weighted by Crippen LogP contribution is 2.32. The lowest BCUT2D eigenvalue weighted by molar-refractivity contribution is 0.102. The molecule has 0 unspecified atom stereocenters. The molecular weight excluding hydrogens is 416 g/mol. The second-order valence-electron chi connectivity index (χ2n) is 8.36. The lowest BCUT2D eigenvalue weighted by Gasteiger charge is -2.14. The summed E-state index contributed by atoms with van der Waals surface area (Å²) in [6, 6.07) is 20.1. The molecule has 1 aliphatic carbocycles. The quantitative estimate of drug-likeness (QED) is 0.372. The summed E-state index contributed by atoms with van der Waals surface area (Å²) in [6.45, 7) is 1.93. The Morgan fingerprint density at radius 1 is 1.00 bits per heavy atom. The number of benzene rings is 3. The van der Waals surface area contributed by atoms with Crippen molar-refractivity contribution in [3.05, 3.63) is 83.0 Å². The van der Waals surface area contributed by atoms with Crippen molar-refractivity contribution in [1.82, 2.24) is 14.8 Å². The highest BCUT2D eigenvalue weighted by Gasteiger charge is 2.18. The van der Waals surface area contributed by atoms with Crippen LogP contribution in [0.15, 0.2) is 60.7 Å². The van der Waals surface area contributed by atoms with Gasteiger partial charge in [0.25, 0.3) is 5.91 Å². The van der Waals surface area contributed by atoms with E-state index in [-0.39, 0.29) is 5.91 Å². The molecule has 2 aromatic heterocycles. The summed E-state index contributed by atoms with van der Waals surface area (Å²) >= 11 is 1.61. The molecule has 0 spiro atoms. The van der Waals surface area contributed by atoms with E-state index in [1.54, 1.807) is 16.0 Å². The standard InChI is InChI=1S/C26H22N4OS/c1-16-13-24(28-25(31)21-12-6-10-17-7-4-5-11-20(17)21)30(29-16)26-27-22-14-18-8-2-3-9-19(18)15-23(22)32-26/h4-7,10-15H,2-3,8-9H2,1H3,(H,28,31). The molecule has 32 heavy (non-hydrogen) atoms. The molecule has 6 heteroatoms. The van der Waals surface area contributed by atoms with Gasteiger partial charge in [0.1, 0.15) is 5.82 Å². The fourth-order valence-corrected chi connectivity index (χ4v) is 5.55. The number of carbonyl (C=O) groups is 1. The summed E-state index contributed by atoms with van der Waals surface area (Å²) in [5, 5.41) is 10.4. The van der Waals surface area contributed by atoms with Gasteiger partial charge in [-0.25, -0.2) is 4.98 Å². The Labute approximate surface area is 189 Å². The van der Waals surface area contributed by atoms with Crippen LogP contribution in [-0.4, -0.2) is 20.7 Å². The lowest BCUT2D eigenvalue weighted by atomic mass is 9.92. The smallest absolute Gasteiger partial charge is 0.257 e. The summed E-state index contributed by atoms with van der Waals surface area (Å²) in [7, 11) is 0. The minimum Gasteiger partial charge on any atom is -0.306 e. The number of anilines is 1. The molecular formula is C26H22N4OS. The maximum absolute atomic E-state index is 13.2. The molecule has 0 bridgehead atoms. The number of fused-ring (bicyclic) bond motifs is 3. The number of rotatable bonds is 3. The van der Waals surface area contributed by atoms with Gasteiger partial charge in [0.05, 0.1) is 15.9 Å². The van der Waals surface area contributed by atoms with E-state index in [9.17, 15) is 4.79 Å². The van der Waals surface area contributed by atoms with Crippen LogP contribution in [0.5, 0.6) is 0 Å². The van der Waals surface area contributed by atoms with Crippen LogP contribution in [0.2, 0.25) is 0 Å². The maximum Gasteiger partial charge on any atom is 0.257 e. The zero-order chi connectivity index (χ0) is 21.7. The minimum atomic E-state index is -0.153. The Hall–Kier alpha value is -3.51. The van der Waals surface area contributed by atoms with Crippen molar-refractivity contribution in [2.75, 3.05) is 5.32 Å². The van der Waals surface area contributed by atoms with Crippen LogP contribution in [0.4, 0.5) is 5.82 Å². The first-order valence-corrected chi connectivity index (χ1v) is 11.8. The van der Waals surface area contributed by atoms with Crippen molar-refractivity contribution in [2.24, 2.45) is 0 Å². The molecule has 6 rings (SSSR count). The third-order valence-electron chi connectivity index (χ3n) is 6.13. The van der Waals surface area contributed by atoms with E-state index >= 15 is 0 Å². The third kappa shape index (κ3) is 3.28. The molecule has 2 heterocycles. The Bertz CT molecular complexity index is 1450. The number of hydrogen-bond acceptors (Lipinski definition) is 4. The molecule has 1 aliphatic rings. The molecule has 0 saturated carbocycles. The fourth-order valence-electron chi connectivity index (χ4n) is 4.58. The van der Waals surface area contributed by atoms with Crippen molar-refractivity contribution in [1.29, 1.82) is 0 Å². The minimum absolute atomic E-state index is 0.153. The highest BCUT2D eigenvalue weighted by atomic mass is 32.1. The SMILES string of the molecule is Cc1cc(NC(=O)c2cccc3ccccc23)n(-c2nc3cc4c(cc3s2)CCCC4)n1. The van der Waals surface area contributed by atoms with Gasteiger partial charge in [-0.3, -0.25) is 4.79 Å². The number of amides is 1. The number of thiazole rings is 1. The van der Waals surface area contributed by atoms with Crippen molar-refractivity contribution in [3.63, 3.8) is 0 Å². The predicted molar refractivity (Wildman–Crippen MR) is 130 cm³/mol. The molecule has 0 saturated heterocycles. The van der Waals surface area contributed by atoms with Crippen molar-refractivity contribution in [3.8, 4) is 5.13 Å². The first kappa shape index (κ1) is 19.2. The van der Waals surface area contributed by atoms with Crippen molar-refractivity contribution < 1.29 is 4.79 Å². The Morgan fingerprint density at radius 3 is 2.66 bits per heavy atom. The second kappa shape index (κ2) is 7.57. The first-order chi connectivity index (χ1) is 15.7. The van der Waals surface area contributed by atoms with Crippen LogP contribution in [0.25, 0.3) is 26.1 Å². The van der Waals surface area contributed by atoms with Gasteiger partial charge in [-0.2, -0.15) is 9.78 Å². The van der Waals surface area contributed by atoms with Crippen LogP contribution in [0.3, 0.4) is 0 Å². The van der Waals surface area contributed by atoms with E-state index in [0.29, 0.717) is 11.4 Å². The van der Waals surface area contributed by atoms with Gasteiger partial charge in [0, 0.05) is 11.6 Å². The summed E-state index contributed by atoms with van der Waals surface area (Å²) in [5.41, 5.74) is 5.34.